The molecule has 0 N–H and O–H groups in total. The third-order valence-electron chi connectivity index (χ3n) is 2.34. The van der Waals surface area contributed by atoms with Gasteiger partial charge in [0.25, 0.3) is 0 Å². The van der Waals surface area contributed by atoms with Crippen LogP contribution in [0.2, 0.25) is 0 Å². The summed E-state index contributed by atoms with van der Waals surface area (Å²) in [7, 11) is 0. The second-order valence-corrected chi connectivity index (χ2v) is 4.28. The molecule has 0 fully saturated rings. The average Bonchev–Trinajstić information content (AvgIpc) is 2.00. The topological polar surface area (TPSA) is 0 Å². The molecule has 12 heavy (non-hydrogen) atoms. The van der Waals surface area contributed by atoms with Crippen molar-refractivity contribution in [2.75, 3.05) is 0 Å². The maximum absolute atomic E-state index is 2.33. The van der Waals surface area contributed by atoms with Gasteiger partial charge in [-0.15, -0.1) is 0 Å². The van der Waals surface area contributed by atoms with Crippen molar-refractivity contribution >= 4 is 0 Å². The zero-order valence-corrected chi connectivity index (χ0v) is 9.27. The number of rotatable bonds is 7. The lowest BCUT2D eigenvalue weighted by atomic mass is 9.89. The van der Waals surface area contributed by atoms with E-state index in [2.05, 4.69) is 34.1 Å². The van der Waals surface area contributed by atoms with E-state index in [0.717, 1.165) is 11.8 Å². The highest BCUT2D eigenvalue weighted by Crippen LogP contribution is 2.22. The predicted molar refractivity (Wildman–Crippen MR) is 57.1 cm³/mol. The van der Waals surface area contributed by atoms with Gasteiger partial charge >= 0.3 is 0 Å². The van der Waals surface area contributed by atoms with E-state index in [9.17, 15) is 0 Å². The molecule has 1 atom stereocenters. The molecule has 0 aromatic heterocycles. The van der Waals surface area contributed by atoms with Crippen molar-refractivity contribution in [1.29, 1.82) is 0 Å². The molecule has 0 amide bonds. The SMILES string of the molecule is C[CH]CC(CCCC)CC(C)C. The first kappa shape index (κ1) is 12.0. The fourth-order valence-electron chi connectivity index (χ4n) is 1.82. The number of hydrogen-bond donors (Lipinski definition) is 0. The molecule has 0 aromatic rings. The van der Waals surface area contributed by atoms with Gasteiger partial charge in [-0.2, -0.15) is 0 Å². The lowest BCUT2D eigenvalue weighted by Gasteiger charge is -2.17. The van der Waals surface area contributed by atoms with Crippen LogP contribution in [0.15, 0.2) is 0 Å². The minimum Gasteiger partial charge on any atom is -0.0654 e. The first-order valence-corrected chi connectivity index (χ1v) is 5.48. The van der Waals surface area contributed by atoms with E-state index in [-0.39, 0.29) is 0 Å². The highest BCUT2D eigenvalue weighted by atomic mass is 14.1. The molecule has 0 aliphatic carbocycles. The van der Waals surface area contributed by atoms with Crippen molar-refractivity contribution in [3.05, 3.63) is 6.42 Å². The summed E-state index contributed by atoms with van der Waals surface area (Å²) in [4.78, 5) is 0. The minimum atomic E-state index is 0.867. The van der Waals surface area contributed by atoms with Crippen LogP contribution < -0.4 is 0 Å². The third-order valence-corrected chi connectivity index (χ3v) is 2.34. The van der Waals surface area contributed by atoms with Gasteiger partial charge in [0.1, 0.15) is 0 Å². The van der Waals surface area contributed by atoms with Crippen LogP contribution in [0.25, 0.3) is 0 Å². The standard InChI is InChI=1S/C12H25/c1-5-7-9-12(8-6-2)10-11(3)4/h6,11-12H,5,7-10H2,1-4H3. The number of unbranched alkanes of at least 4 members (excludes halogenated alkanes) is 1. The van der Waals surface area contributed by atoms with E-state index < -0.39 is 0 Å². The highest BCUT2D eigenvalue weighted by Gasteiger charge is 2.08. The summed E-state index contributed by atoms with van der Waals surface area (Å²) in [6.07, 6.45) is 9.23. The Morgan fingerprint density at radius 2 is 1.92 bits per heavy atom. The first-order valence-electron chi connectivity index (χ1n) is 5.48. The third kappa shape index (κ3) is 6.69. The fraction of sp³-hybridized carbons (Fsp3) is 0.917. The molecule has 1 unspecified atom stereocenters. The Balaban J connectivity index is 3.54. The maximum Gasteiger partial charge on any atom is -0.0409 e. The van der Waals surface area contributed by atoms with Crippen LogP contribution in [0, 0.1) is 18.3 Å². The van der Waals surface area contributed by atoms with Crippen molar-refractivity contribution in [2.24, 2.45) is 11.8 Å². The van der Waals surface area contributed by atoms with E-state index in [1.165, 1.54) is 32.1 Å². The van der Waals surface area contributed by atoms with E-state index in [1.54, 1.807) is 0 Å². The largest absolute Gasteiger partial charge is 0.0654 e. The quantitative estimate of drug-likeness (QED) is 0.528. The molecular weight excluding hydrogens is 144 g/mol. The summed E-state index contributed by atoms with van der Waals surface area (Å²) in [5, 5.41) is 0. The minimum absolute atomic E-state index is 0.867. The van der Waals surface area contributed by atoms with Crippen LogP contribution in [-0.4, -0.2) is 0 Å². The van der Waals surface area contributed by atoms with Crippen LogP contribution >= 0.6 is 0 Å². The van der Waals surface area contributed by atoms with Gasteiger partial charge < -0.3 is 0 Å². The molecule has 0 aromatic carbocycles. The van der Waals surface area contributed by atoms with Gasteiger partial charge in [-0.1, -0.05) is 47.0 Å². The molecular formula is C12H25. The lowest BCUT2D eigenvalue weighted by Crippen LogP contribution is -2.04. The second-order valence-electron chi connectivity index (χ2n) is 4.28. The van der Waals surface area contributed by atoms with Crippen molar-refractivity contribution < 1.29 is 0 Å². The van der Waals surface area contributed by atoms with Gasteiger partial charge in [-0.25, -0.2) is 0 Å². The van der Waals surface area contributed by atoms with Gasteiger partial charge in [0.2, 0.25) is 0 Å². The molecule has 0 aliphatic heterocycles. The maximum atomic E-state index is 2.33. The Morgan fingerprint density at radius 3 is 2.33 bits per heavy atom. The van der Waals surface area contributed by atoms with Gasteiger partial charge in [-0.05, 0) is 31.1 Å². The summed E-state index contributed by atoms with van der Waals surface area (Å²) < 4.78 is 0. The van der Waals surface area contributed by atoms with E-state index in [1.807, 2.05) is 0 Å². The Hall–Kier alpha value is 0. The molecule has 0 heteroatoms. The van der Waals surface area contributed by atoms with Crippen molar-refractivity contribution in [3.63, 3.8) is 0 Å². The van der Waals surface area contributed by atoms with E-state index in [0.29, 0.717) is 0 Å². The van der Waals surface area contributed by atoms with Gasteiger partial charge in [-0.3, -0.25) is 0 Å². The normalized spacial score (nSPS) is 13.8. The van der Waals surface area contributed by atoms with Crippen molar-refractivity contribution in [2.45, 2.75) is 59.8 Å². The fourth-order valence-corrected chi connectivity index (χ4v) is 1.82. The van der Waals surface area contributed by atoms with Crippen LogP contribution in [0.5, 0.6) is 0 Å². The summed E-state index contributed by atoms with van der Waals surface area (Å²) in [5.74, 6) is 1.82. The second kappa shape index (κ2) is 7.64. The molecule has 0 saturated carbocycles. The summed E-state index contributed by atoms with van der Waals surface area (Å²) >= 11 is 0. The Bertz CT molecular complexity index is 84.0. The average molecular weight is 169 g/mol. The molecule has 1 radical (unpaired) electrons. The first-order chi connectivity index (χ1) is 5.70. The van der Waals surface area contributed by atoms with Gasteiger partial charge in [0, 0.05) is 0 Å². The molecule has 0 heterocycles. The summed E-state index contributed by atoms with van der Waals surface area (Å²) in [5.41, 5.74) is 0. The van der Waals surface area contributed by atoms with Crippen LogP contribution in [0.4, 0.5) is 0 Å². The molecule has 0 saturated heterocycles. The van der Waals surface area contributed by atoms with E-state index in [4.69, 9.17) is 0 Å². The van der Waals surface area contributed by atoms with Gasteiger partial charge in [0.05, 0.1) is 0 Å². The smallest absolute Gasteiger partial charge is 0.0409 e. The van der Waals surface area contributed by atoms with Crippen molar-refractivity contribution in [3.8, 4) is 0 Å². The monoisotopic (exact) mass is 169 g/mol. The molecule has 0 bridgehead atoms. The lowest BCUT2D eigenvalue weighted by molar-refractivity contribution is 0.372. The zero-order valence-electron chi connectivity index (χ0n) is 9.27. The Morgan fingerprint density at radius 1 is 1.25 bits per heavy atom. The highest BCUT2D eigenvalue weighted by molar-refractivity contribution is 4.68. The van der Waals surface area contributed by atoms with Crippen molar-refractivity contribution in [1.82, 2.24) is 0 Å². The molecule has 0 spiro atoms. The molecule has 0 rings (SSSR count). The zero-order chi connectivity index (χ0) is 9.40. The van der Waals surface area contributed by atoms with Crippen LogP contribution in [0.3, 0.4) is 0 Å². The Labute approximate surface area is 78.8 Å². The molecule has 0 aliphatic rings. The van der Waals surface area contributed by atoms with Gasteiger partial charge in [0.15, 0.2) is 0 Å². The number of hydrogen-bond acceptors (Lipinski definition) is 0. The van der Waals surface area contributed by atoms with Crippen LogP contribution in [0.1, 0.15) is 59.8 Å². The summed E-state index contributed by atoms with van der Waals surface area (Å²) in [6, 6.07) is 0. The Kier molecular flexibility index (Phi) is 7.64. The van der Waals surface area contributed by atoms with Crippen LogP contribution in [-0.2, 0) is 0 Å². The van der Waals surface area contributed by atoms with E-state index >= 15 is 0 Å². The predicted octanol–water partition coefficient (Wildman–Crippen LogP) is 4.45. The summed E-state index contributed by atoms with van der Waals surface area (Å²) in [6.45, 7) is 9.12. The molecule has 73 valence electrons. The molecule has 0 nitrogen and oxygen atoms in total.